The van der Waals surface area contributed by atoms with E-state index in [1.54, 1.807) is 0 Å². The zero-order valence-electron chi connectivity index (χ0n) is 11.7. The van der Waals surface area contributed by atoms with Gasteiger partial charge in [0.1, 0.15) is 0 Å². The highest BCUT2D eigenvalue weighted by molar-refractivity contribution is 5.03. The summed E-state index contributed by atoms with van der Waals surface area (Å²) in [5.74, 6) is 0. The smallest absolute Gasteiger partial charge is 0.0661 e. The fourth-order valence-corrected chi connectivity index (χ4v) is 3.33. The monoisotopic (exact) mass is 248 g/mol. The first-order chi connectivity index (χ1) is 8.63. The van der Waals surface area contributed by atoms with Crippen LogP contribution in [0.5, 0.6) is 0 Å². The maximum atomic E-state index is 4.49. The molecule has 2 atom stereocenters. The molecule has 2 saturated heterocycles. The van der Waals surface area contributed by atoms with Crippen molar-refractivity contribution < 1.29 is 0 Å². The Labute approximate surface area is 110 Å². The van der Waals surface area contributed by atoms with E-state index in [1.807, 2.05) is 6.20 Å². The lowest BCUT2D eigenvalue weighted by atomic mass is 10.1. The molecule has 2 fully saturated rings. The Morgan fingerprint density at radius 2 is 2.06 bits per heavy atom. The van der Waals surface area contributed by atoms with Gasteiger partial charge in [-0.15, -0.1) is 0 Å². The number of rotatable bonds is 2. The van der Waals surface area contributed by atoms with Crippen molar-refractivity contribution in [1.82, 2.24) is 19.6 Å². The number of hydrogen-bond donors (Lipinski definition) is 0. The molecule has 1 aromatic heterocycles. The molecular weight excluding hydrogens is 224 g/mol. The molecule has 0 bridgehead atoms. The van der Waals surface area contributed by atoms with Gasteiger partial charge in [0.2, 0.25) is 0 Å². The van der Waals surface area contributed by atoms with Gasteiger partial charge in [-0.2, -0.15) is 5.10 Å². The summed E-state index contributed by atoms with van der Waals surface area (Å²) in [6.07, 6.45) is 5.41. The van der Waals surface area contributed by atoms with Gasteiger partial charge in [-0.3, -0.25) is 14.5 Å². The van der Waals surface area contributed by atoms with Crippen molar-refractivity contribution in [2.75, 3.05) is 26.2 Å². The first-order valence-electron chi connectivity index (χ1n) is 7.12. The Morgan fingerprint density at radius 3 is 2.72 bits per heavy atom. The lowest BCUT2D eigenvalue weighted by Crippen LogP contribution is -2.52. The molecule has 2 aliphatic heterocycles. The van der Waals surface area contributed by atoms with E-state index in [0.29, 0.717) is 12.1 Å². The van der Waals surface area contributed by atoms with Gasteiger partial charge in [0, 0.05) is 44.5 Å². The minimum Gasteiger partial charge on any atom is -0.298 e. The number of piperazine rings is 1. The minimum absolute atomic E-state index is 0.579. The van der Waals surface area contributed by atoms with Gasteiger partial charge in [0.05, 0.1) is 12.2 Å². The molecule has 3 rings (SSSR count). The van der Waals surface area contributed by atoms with Crippen molar-refractivity contribution in [2.45, 2.75) is 45.3 Å². The number of nitrogens with zero attached hydrogens (tertiary/aromatic N) is 4. The highest BCUT2D eigenvalue weighted by Crippen LogP contribution is 2.30. The predicted molar refractivity (Wildman–Crippen MR) is 72.7 cm³/mol. The van der Waals surface area contributed by atoms with E-state index in [-0.39, 0.29) is 0 Å². The van der Waals surface area contributed by atoms with Gasteiger partial charge in [0.15, 0.2) is 0 Å². The van der Waals surface area contributed by atoms with Gasteiger partial charge in [-0.25, -0.2) is 0 Å². The van der Waals surface area contributed by atoms with Crippen LogP contribution in [0, 0.1) is 6.92 Å². The Morgan fingerprint density at radius 1 is 1.22 bits per heavy atom. The first-order valence-corrected chi connectivity index (χ1v) is 7.12. The zero-order valence-corrected chi connectivity index (χ0v) is 11.7. The van der Waals surface area contributed by atoms with E-state index >= 15 is 0 Å². The molecule has 3 heterocycles. The molecule has 0 spiro atoms. The molecule has 0 N–H and O–H groups in total. The molecule has 0 aliphatic carbocycles. The van der Waals surface area contributed by atoms with Crippen molar-refractivity contribution >= 4 is 0 Å². The third kappa shape index (κ3) is 2.19. The van der Waals surface area contributed by atoms with E-state index in [1.165, 1.54) is 38.2 Å². The van der Waals surface area contributed by atoms with Crippen LogP contribution in [0.2, 0.25) is 0 Å². The van der Waals surface area contributed by atoms with Crippen LogP contribution in [0.1, 0.15) is 31.9 Å². The highest BCUT2D eigenvalue weighted by atomic mass is 15.4. The van der Waals surface area contributed by atoms with E-state index in [2.05, 4.69) is 46.5 Å². The Bertz CT molecular complexity index is 412. The van der Waals surface area contributed by atoms with Crippen molar-refractivity contribution in [2.24, 2.45) is 0 Å². The van der Waals surface area contributed by atoms with Crippen LogP contribution in [0.3, 0.4) is 0 Å². The van der Waals surface area contributed by atoms with Crippen molar-refractivity contribution in [3.63, 3.8) is 0 Å². The third-order valence-electron chi connectivity index (χ3n) is 4.46. The standard InChI is InChI=1S/C14H24N4/c1-11(2)16-4-5-17-10-14(6-13(17)9-16)18-8-12(3)7-15-18/h7-8,11,13-14H,4-6,9-10H2,1-3H3. The topological polar surface area (TPSA) is 24.3 Å². The van der Waals surface area contributed by atoms with Crippen LogP contribution in [-0.2, 0) is 0 Å². The summed E-state index contributed by atoms with van der Waals surface area (Å²) in [5, 5.41) is 4.49. The fourth-order valence-electron chi connectivity index (χ4n) is 3.33. The zero-order chi connectivity index (χ0) is 12.7. The summed E-state index contributed by atoms with van der Waals surface area (Å²) in [6.45, 7) is 11.6. The van der Waals surface area contributed by atoms with Crippen molar-refractivity contribution in [1.29, 1.82) is 0 Å². The second-order valence-corrected chi connectivity index (χ2v) is 6.12. The molecule has 1 aromatic rings. The summed E-state index contributed by atoms with van der Waals surface area (Å²) >= 11 is 0. The van der Waals surface area contributed by atoms with E-state index < -0.39 is 0 Å². The fraction of sp³-hybridized carbons (Fsp3) is 0.786. The Balaban J connectivity index is 1.67. The average molecular weight is 248 g/mol. The van der Waals surface area contributed by atoms with Crippen LogP contribution in [-0.4, -0.2) is 57.8 Å². The summed E-state index contributed by atoms with van der Waals surface area (Å²) in [4.78, 5) is 5.26. The molecule has 0 radical (unpaired) electrons. The van der Waals surface area contributed by atoms with E-state index in [0.717, 1.165) is 6.04 Å². The van der Waals surface area contributed by atoms with E-state index in [9.17, 15) is 0 Å². The SMILES string of the molecule is Cc1cnn(C2CC3CN(C(C)C)CCN3C2)c1. The van der Waals surface area contributed by atoms with Crippen molar-refractivity contribution in [3.8, 4) is 0 Å². The van der Waals surface area contributed by atoms with Crippen LogP contribution in [0.15, 0.2) is 12.4 Å². The molecule has 100 valence electrons. The minimum atomic E-state index is 0.579. The molecule has 18 heavy (non-hydrogen) atoms. The van der Waals surface area contributed by atoms with E-state index in [4.69, 9.17) is 0 Å². The molecule has 4 nitrogen and oxygen atoms in total. The van der Waals surface area contributed by atoms with Crippen LogP contribution in [0.4, 0.5) is 0 Å². The first kappa shape index (κ1) is 12.2. The average Bonchev–Trinajstić information content (AvgIpc) is 2.93. The molecule has 2 unspecified atom stereocenters. The van der Waals surface area contributed by atoms with Gasteiger partial charge >= 0.3 is 0 Å². The largest absolute Gasteiger partial charge is 0.298 e. The number of aryl methyl sites for hydroxylation is 1. The summed E-state index contributed by atoms with van der Waals surface area (Å²) in [6, 6.07) is 1.99. The Hall–Kier alpha value is -0.870. The number of hydrogen-bond acceptors (Lipinski definition) is 3. The predicted octanol–water partition coefficient (Wildman–Crippen LogP) is 1.53. The van der Waals surface area contributed by atoms with Crippen LogP contribution >= 0.6 is 0 Å². The summed E-state index contributed by atoms with van der Waals surface area (Å²) in [5.41, 5.74) is 1.27. The third-order valence-corrected chi connectivity index (χ3v) is 4.46. The molecule has 2 aliphatic rings. The van der Waals surface area contributed by atoms with Crippen molar-refractivity contribution in [3.05, 3.63) is 18.0 Å². The lowest BCUT2D eigenvalue weighted by molar-refractivity contribution is 0.0825. The second-order valence-electron chi connectivity index (χ2n) is 6.12. The van der Waals surface area contributed by atoms with Gasteiger partial charge in [0.25, 0.3) is 0 Å². The van der Waals surface area contributed by atoms with Crippen LogP contribution < -0.4 is 0 Å². The molecule has 0 saturated carbocycles. The Kier molecular flexibility index (Phi) is 3.16. The van der Waals surface area contributed by atoms with Gasteiger partial charge in [-0.05, 0) is 32.8 Å². The molecule has 4 heteroatoms. The molecular formula is C14H24N4. The van der Waals surface area contributed by atoms with Gasteiger partial charge in [-0.1, -0.05) is 0 Å². The summed E-state index contributed by atoms with van der Waals surface area (Å²) in [7, 11) is 0. The number of aromatic nitrogens is 2. The quantitative estimate of drug-likeness (QED) is 0.793. The summed E-state index contributed by atoms with van der Waals surface area (Å²) < 4.78 is 2.17. The number of fused-ring (bicyclic) bond motifs is 1. The van der Waals surface area contributed by atoms with Crippen LogP contribution in [0.25, 0.3) is 0 Å². The maximum absolute atomic E-state index is 4.49. The normalized spacial score (nSPS) is 30.0. The maximum Gasteiger partial charge on any atom is 0.0661 e. The highest BCUT2D eigenvalue weighted by Gasteiger charge is 2.37. The van der Waals surface area contributed by atoms with Gasteiger partial charge < -0.3 is 0 Å². The second kappa shape index (κ2) is 4.67. The molecule has 0 amide bonds. The lowest BCUT2D eigenvalue weighted by Gasteiger charge is -2.39. The molecule has 0 aromatic carbocycles.